The van der Waals surface area contributed by atoms with E-state index in [9.17, 15) is 13.2 Å². The Hall–Kier alpha value is -1.81. The van der Waals surface area contributed by atoms with Crippen LogP contribution in [0.2, 0.25) is 0 Å². The molecular formula is C22H24F3N. The summed E-state index contributed by atoms with van der Waals surface area (Å²) >= 11 is 0. The smallest absolute Gasteiger partial charge is 0.302 e. The summed E-state index contributed by atoms with van der Waals surface area (Å²) in [5, 5.41) is 0. The molecule has 0 radical (unpaired) electrons. The molecule has 2 aromatic rings. The lowest BCUT2D eigenvalue weighted by Gasteiger charge is -2.33. The molecule has 2 aliphatic rings. The van der Waals surface area contributed by atoms with Crippen LogP contribution in [0.4, 0.5) is 13.2 Å². The third kappa shape index (κ3) is 3.05. The molecule has 138 valence electrons. The molecule has 0 N–H and O–H groups in total. The summed E-state index contributed by atoms with van der Waals surface area (Å²) in [5.74, 6) is 0.636. The van der Waals surface area contributed by atoms with Gasteiger partial charge in [-0.05, 0) is 61.9 Å². The fourth-order valence-corrected chi connectivity index (χ4v) is 5.09. The van der Waals surface area contributed by atoms with Crippen LogP contribution >= 0.6 is 0 Å². The molecule has 2 aromatic carbocycles. The molecule has 1 aliphatic heterocycles. The van der Waals surface area contributed by atoms with E-state index in [2.05, 4.69) is 43.1 Å². The predicted octanol–water partition coefficient (Wildman–Crippen LogP) is 5.22. The van der Waals surface area contributed by atoms with Crippen molar-refractivity contribution in [2.45, 2.75) is 44.3 Å². The van der Waals surface area contributed by atoms with Gasteiger partial charge in [0, 0.05) is 18.5 Å². The number of benzene rings is 2. The third-order valence-electron chi connectivity index (χ3n) is 6.23. The zero-order valence-electron chi connectivity index (χ0n) is 15.2. The van der Waals surface area contributed by atoms with Crippen LogP contribution in [0.25, 0.3) is 0 Å². The van der Waals surface area contributed by atoms with Crippen molar-refractivity contribution in [3.05, 3.63) is 70.3 Å². The highest BCUT2D eigenvalue weighted by Crippen LogP contribution is 2.48. The van der Waals surface area contributed by atoms with Gasteiger partial charge in [-0.15, -0.1) is 0 Å². The molecule has 3 atom stereocenters. The fraction of sp³-hybridized carbons (Fsp3) is 0.455. The van der Waals surface area contributed by atoms with Crippen LogP contribution in [-0.4, -0.2) is 24.5 Å². The zero-order chi connectivity index (χ0) is 18.5. The van der Waals surface area contributed by atoms with Crippen molar-refractivity contribution in [2.75, 3.05) is 13.6 Å². The number of nitrogens with zero attached hydrogens (tertiary/aromatic N) is 1. The van der Waals surface area contributed by atoms with Crippen molar-refractivity contribution in [3.8, 4) is 0 Å². The van der Waals surface area contributed by atoms with Crippen LogP contribution < -0.4 is 0 Å². The number of likely N-dealkylation sites (tertiary alicyclic amines) is 1. The zero-order valence-corrected chi connectivity index (χ0v) is 15.2. The average Bonchev–Trinajstić information content (AvgIpc) is 2.90. The van der Waals surface area contributed by atoms with Crippen molar-refractivity contribution in [2.24, 2.45) is 5.92 Å². The van der Waals surface area contributed by atoms with Gasteiger partial charge in [0.2, 0.25) is 0 Å². The first-order valence-corrected chi connectivity index (χ1v) is 9.29. The predicted molar refractivity (Wildman–Crippen MR) is 97.3 cm³/mol. The van der Waals surface area contributed by atoms with Crippen LogP contribution in [0.1, 0.15) is 40.2 Å². The number of rotatable bonds is 2. The minimum atomic E-state index is -4.26. The Morgan fingerprint density at radius 3 is 2.62 bits per heavy atom. The Labute approximate surface area is 152 Å². The van der Waals surface area contributed by atoms with Crippen LogP contribution in [0.15, 0.2) is 42.5 Å². The molecule has 0 amide bonds. The fourth-order valence-electron chi connectivity index (χ4n) is 5.09. The molecule has 1 fully saturated rings. The second kappa shape index (κ2) is 6.41. The van der Waals surface area contributed by atoms with E-state index in [1.807, 2.05) is 6.07 Å². The van der Waals surface area contributed by atoms with E-state index >= 15 is 0 Å². The van der Waals surface area contributed by atoms with Gasteiger partial charge in [-0.25, -0.2) is 0 Å². The lowest BCUT2D eigenvalue weighted by atomic mass is 9.72. The maximum atomic E-state index is 13.4. The van der Waals surface area contributed by atoms with Crippen LogP contribution in [0, 0.1) is 12.8 Å². The molecule has 1 unspecified atom stereocenters. The molecule has 0 bridgehead atoms. The molecule has 1 aliphatic carbocycles. The van der Waals surface area contributed by atoms with Crippen molar-refractivity contribution < 1.29 is 13.2 Å². The highest BCUT2D eigenvalue weighted by molar-refractivity contribution is 5.43. The first-order valence-electron chi connectivity index (χ1n) is 9.29. The third-order valence-corrected chi connectivity index (χ3v) is 6.23. The first kappa shape index (κ1) is 17.6. The maximum absolute atomic E-state index is 13.4. The Balaban J connectivity index is 1.64. The summed E-state index contributed by atoms with van der Waals surface area (Å²) in [6.07, 6.45) is -1.92. The van der Waals surface area contributed by atoms with Gasteiger partial charge in [0.15, 0.2) is 0 Å². The lowest BCUT2D eigenvalue weighted by Crippen LogP contribution is -2.33. The van der Waals surface area contributed by atoms with E-state index in [1.165, 1.54) is 17.2 Å². The SMILES string of the molecule is Cc1cccc(C[C@@H]2C3CCc4c(cccc4C(F)(F)F)[C@@H]3CN2C)c1. The van der Waals surface area contributed by atoms with Crippen LogP contribution in [0.3, 0.4) is 0 Å². The normalized spacial score (nSPS) is 25.8. The first-order chi connectivity index (χ1) is 12.3. The number of halogens is 3. The van der Waals surface area contributed by atoms with E-state index in [1.54, 1.807) is 6.07 Å². The topological polar surface area (TPSA) is 3.24 Å². The highest BCUT2D eigenvalue weighted by Gasteiger charge is 2.45. The van der Waals surface area contributed by atoms with Crippen molar-refractivity contribution in [1.29, 1.82) is 0 Å². The van der Waals surface area contributed by atoms with Crippen molar-refractivity contribution >= 4 is 0 Å². The van der Waals surface area contributed by atoms with Gasteiger partial charge < -0.3 is 4.90 Å². The minimum absolute atomic E-state index is 0.209. The summed E-state index contributed by atoms with van der Waals surface area (Å²) in [5.41, 5.74) is 3.60. The van der Waals surface area contributed by atoms with E-state index in [-0.39, 0.29) is 5.92 Å². The van der Waals surface area contributed by atoms with Gasteiger partial charge >= 0.3 is 6.18 Å². The molecule has 0 aromatic heterocycles. The molecular weight excluding hydrogens is 335 g/mol. The Morgan fingerprint density at radius 1 is 1.12 bits per heavy atom. The van der Waals surface area contributed by atoms with Gasteiger partial charge in [0.25, 0.3) is 0 Å². The van der Waals surface area contributed by atoms with Gasteiger partial charge in [-0.2, -0.15) is 13.2 Å². The monoisotopic (exact) mass is 359 g/mol. The summed E-state index contributed by atoms with van der Waals surface area (Å²) in [4.78, 5) is 2.35. The van der Waals surface area contributed by atoms with Crippen molar-refractivity contribution in [3.63, 3.8) is 0 Å². The quantitative estimate of drug-likeness (QED) is 0.711. The summed E-state index contributed by atoms with van der Waals surface area (Å²) in [6.45, 7) is 2.94. The standard InChI is InChI=1S/C22H24F3N/c1-14-5-3-6-15(11-14)12-21-18-10-9-17-16(19(18)13-26(21)2)7-4-8-20(17)22(23,24)25/h3-8,11,18-19,21H,9-10,12-13H2,1-2H3/t18?,19-,21+/m0/s1. The molecule has 0 spiro atoms. The summed E-state index contributed by atoms with van der Waals surface area (Å²) in [6, 6.07) is 13.7. The highest BCUT2D eigenvalue weighted by atomic mass is 19.4. The summed E-state index contributed by atoms with van der Waals surface area (Å²) in [7, 11) is 2.12. The molecule has 0 saturated carbocycles. The van der Waals surface area contributed by atoms with E-state index in [4.69, 9.17) is 0 Å². The number of alkyl halides is 3. The molecule has 26 heavy (non-hydrogen) atoms. The number of fused-ring (bicyclic) bond motifs is 3. The molecule has 1 saturated heterocycles. The number of hydrogen-bond donors (Lipinski definition) is 0. The summed E-state index contributed by atoms with van der Waals surface area (Å²) < 4.78 is 40.2. The van der Waals surface area contributed by atoms with Crippen LogP contribution in [-0.2, 0) is 19.0 Å². The molecule has 4 heteroatoms. The van der Waals surface area contributed by atoms with E-state index in [0.29, 0.717) is 23.9 Å². The van der Waals surface area contributed by atoms with Crippen molar-refractivity contribution in [1.82, 2.24) is 4.90 Å². The molecule has 1 nitrogen and oxygen atoms in total. The number of hydrogen-bond acceptors (Lipinski definition) is 1. The van der Waals surface area contributed by atoms with Gasteiger partial charge in [0.1, 0.15) is 0 Å². The average molecular weight is 359 g/mol. The number of aryl methyl sites for hydroxylation is 1. The Kier molecular flexibility index (Phi) is 4.34. The molecule has 4 rings (SSSR count). The second-order valence-corrected chi connectivity index (χ2v) is 7.88. The minimum Gasteiger partial charge on any atom is -0.302 e. The molecule has 1 heterocycles. The second-order valence-electron chi connectivity index (χ2n) is 7.88. The van der Waals surface area contributed by atoms with Gasteiger partial charge in [0.05, 0.1) is 5.56 Å². The lowest BCUT2D eigenvalue weighted by molar-refractivity contribution is -0.138. The van der Waals surface area contributed by atoms with Gasteiger partial charge in [-0.1, -0.05) is 42.0 Å². The van der Waals surface area contributed by atoms with Gasteiger partial charge in [-0.3, -0.25) is 0 Å². The maximum Gasteiger partial charge on any atom is 0.416 e. The van der Waals surface area contributed by atoms with Crippen LogP contribution in [0.5, 0.6) is 0 Å². The van der Waals surface area contributed by atoms with E-state index in [0.717, 1.165) is 24.9 Å². The number of likely N-dealkylation sites (N-methyl/N-ethyl adjacent to an activating group) is 1. The van der Waals surface area contributed by atoms with E-state index < -0.39 is 11.7 Å². The largest absolute Gasteiger partial charge is 0.416 e. The Bertz CT molecular complexity index is 811. The Morgan fingerprint density at radius 2 is 1.88 bits per heavy atom.